The van der Waals surface area contributed by atoms with Crippen LogP contribution in [0.5, 0.6) is 5.75 Å². The summed E-state index contributed by atoms with van der Waals surface area (Å²) in [6, 6.07) is 1.89. The fourth-order valence-electron chi connectivity index (χ4n) is 0.948. The first kappa shape index (κ1) is 9.29. The Bertz CT molecular complexity index is 265. The minimum Gasteiger partial charge on any atom is -0.405 e. The van der Waals surface area contributed by atoms with Crippen LogP contribution in [0.4, 0.5) is 0 Å². The quantitative estimate of drug-likeness (QED) is 0.578. The zero-order valence-corrected chi connectivity index (χ0v) is 7.85. The lowest BCUT2D eigenvalue weighted by atomic mass is 10.2. The number of halogens is 1. The van der Waals surface area contributed by atoms with Crippen molar-refractivity contribution in [3.05, 3.63) is 23.0 Å². The van der Waals surface area contributed by atoms with Gasteiger partial charge in [-0.3, -0.25) is 0 Å². The summed E-state index contributed by atoms with van der Waals surface area (Å²) in [6.45, 7) is 2.04. The van der Waals surface area contributed by atoms with E-state index in [2.05, 4.69) is 10.5 Å². The molecule has 0 spiro atoms. The summed E-state index contributed by atoms with van der Waals surface area (Å²) in [7, 11) is 1.68. The van der Waals surface area contributed by atoms with E-state index in [1.54, 1.807) is 13.2 Å². The van der Waals surface area contributed by atoms with E-state index in [9.17, 15) is 0 Å². The number of aromatic nitrogens is 1. The van der Waals surface area contributed by atoms with Crippen LogP contribution >= 0.6 is 11.6 Å². The molecule has 1 heterocycles. The number of nitrogens with zero attached hydrogens (tertiary/aromatic N) is 1. The number of hydrogen-bond donors (Lipinski definition) is 1. The molecule has 4 heteroatoms. The predicted molar refractivity (Wildman–Crippen MR) is 48.3 cm³/mol. The number of hydrogen-bond acceptors (Lipinski definition) is 3. The average Bonchev–Trinajstić information content (AvgIpc) is 2.09. The maximum Gasteiger partial charge on any atom is 0.187 e. The third-order valence-corrected chi connectivity index (χ3v) is 1.80. The van der Waals surface area contributed by atoms with Crippen LogP contribution in [0.25, 0.3) is 0 Å². The minimum atomic E-state index is 0.392. The molecule has 66 valence electrons. The van der Waals surface area contributed by atoms with Gasteiger partial charge >= 0.3 is 0 Å². The summed E-state index contributed by atoms with van der Waals surface area (Å²) in [5.74, 6) is 0.615. The fourth-order valence-corrected chi connectivity index (χ4v) is 1.16. The van der Waals surface area contributed by atoms with Crippen molar-refractivity contribution in [3.63, 3.8) is 0 Å². The van der Waals surface area contributed by atoms with Crippen molar-refractivity contribution in [1.29, 1.82) is 0 Å². The average molecular weight is 187 g/mol. The Hall–Kier alpha value is -0.800. The molecule has 0 bridgehead atoms. The Labute approximate surface area is 76.7 Å². The molecule has 3 nitrogen and oxygen atoms in total. The zero-order chi connectivity index (χ0) is 8.97. The van der Waals surface area contributed by atoms with E-state index in [4.69, 9.17) is 16.4 Å². The second-order valence-corrected chi connectivity index (χ2v) is 2.61. The van der Waals surface area contributed by atoms with E-state index in [0.29, 0.717) is 10.9 Å². The molecular formula is C8H11ClN2O. The smallest absolute Gasteiger partial charge is 0.187 e. The van der Waals surface area contributed by atoms with Crippen LogP contribution in [0, 0.1) is 0 Å². The summed E-state index contributed by atoms with van der Waals surface area (Å²) >= 11 is 5.81. The van der Waals surface area contributed by atoms with Crippen molar-refractivity contribution in [2.75, 3.05) is 7.05 Å². The van der Waals surface area contributed by atoms with E-state index < -0.39 is 0 Å². The summed E-state index contributed by atoms with van der Waals surface area (Å²) < 4.78 is 0. The van der Waals surface area contributed by atoms with Gasteiger partial charge < -0.3 is 4.84 Å². The molecule has 1 aromatic rings. The standard InChI is InChI=1S/C8H11ClN2O/c1-3-6-4-5-11-8(9)7(6)12-10-2/h4-5,10H,3H2,1-2H3. The first-order valence-corrected chi connectivity index (χ1v) is 4.14. The highest BCUT2D eigenvalue weighted by Crippen LogP contribution is 2.25. The zero-order valence-electron chi connectivity index (χ0n) is 7.10. The first-order chi connectivity index (χ1) is 5.79. The summed E-state index contributed by atoms with van der Waals surface area (Å²) in [6.07, 6.45) is 2.54. The largest absolute Gasteiger partial charge is 0.405 e. The van der Waals surface area contributed by atoms with Crippen LogP contribution in [-0.4, -0.2) is 12.0 Å². The van der Waals surface area contributed by atoms with E-state index >= 15 is 0 Å². The maximum absolute atomic E-state index is 5.81. The van der Waals surface area contributed by atoms with Crippen LogP contribution in [0.1, 0.15) is 12.5 Å². The SMILES string of the molecule is CCc1ccnc(Cl)c1ONC. The Morgan fingerprint density at radius 3 is 3.00 bits per heavy atom. The van der Waals surface area contributed by atoms with E-state index in [-0.39, 0.29) is 0 Å². The highest BCUT2D eigenvalue weighted by molar-refractivity contribution is 6.30. The minimum absolute atomic E-state index is 0.392. The molecule has 0 radical (unpaired) electrons. The van der Waals surface area contributed by atoms with Crippen molar-refractivity contribution >= 4 is 11.6 Å². The van der Waals surface area contributed by atoms with Gasteiger partial charge in [0, 0.05) is 18.8 Å². The number of rotatable bonds is 3. The van der Waals surface area contributed by atoms with Crippen molar-refractivity contribution in [2.45, 2.75) is 13.3 Å². The number of aryl methyl sites for hydroxylation is 1. The molecule has 1 aromatic heterocycles. The maximum atomic E-state index is 5.81. The van der Waals surface area contributed by atoms with E-state index in [1.165, 1.54) is 0 Å². The highest BCUT2D eigenvalue weighted by atomic mass is 35.5. The van der Waals surface area contributed by atoms with Crippen LogP contribution in [0.15, 0.2) is 12.3 Å². The topological polar surface area (TPSA) is 34.1 Å². The highest BCUT2D eigenvalue weighted by Gasteiger charge is 2.07. The Balaban J connectivity index is 3.02. The molecule has 0 aliphatic rings. The Morgan fingerprint density at radius 2 is 2.42 bits per heavy atom. The molecular weight excluding hydrogens is 176 g/mol. The number of nitrogens with one attached hydrogen (secondary N) is 1. The van der Waals surface area contributed by atoms with Crippen molar-refractivity contribution < 1.29 is 4.84 Å². The van der Waals surface area contributed by atoms with Gasteiger partial charge in [0.25, 0.3) is 0 Å². The molecule has 0 amide bonds. The molecule has 12 heavy (non-hydrogen) atoms. The third kappa shape index (κ3) is 1.87. The molecule has 0 atom stereocenters. The number of pyridine rings is 1. The molecule has 1 N–H and O–H groups in total. The molecule has 0 saturated heterocycles. The fraction of sp³-hybridized carbons (Fsp3) is 0.375. The molecule has 0 fully saturated rings. The summed E-state index contributed by atoms with van der Waals surface area (Å²) in [5.41, 5.74) is 3.62. The van der Waals surface area contributed by atoms with Crippen LogP contribution in [0.3, 0.4) is 0 Å². The molecule has 0 aliphatic heterocycles. The third-order valence-electron chi connectivity index (χ3n) is 1.53. The molecule has 0 aromatic carbocycles. The van der Waals surface area contributed by atoms with Crippen LogP contribution in [-0.2, 0) is 6.42 Å². The number of hydroxylamine groups is 1. The Morgan fingerprint density at radius 1 is 1.67 bits per heavy atom. The molecule has 0 aliphatic carbocycles. The molecule has 1 rings (SSSR count). The normalized spacial score (nSPS) is 9.92. The van der Waals surface area contributed by atoms with Crippen LogP contribution in [0.2, 0.25) is 5.15 Å². The van der Waals surface area contributed by atoms with Crippen molar-refractivity contribution in [2.24, 2.45) is 0 Å². The van der Waals surface area contributed by atoms with Crippen LogP contribution < -0.4 is 10.3 Å². The van der Waals surface area contributed by atoms with Gasteiger partial charge in [0.05, 0.1) is 0 Å². The van der Waals surface area contributed by atoms with Gasteiger partial charge in [0.2, 0.25) is 0 Å². The molecule has 0 unspecified atom stereocenters. The van der Waals surface area contributed by atoms with Crippen molar-refractivity contribution in [1.82, 2.24) is 10.5 Å². The van der Waals surface area contributed by atoms with Gasteiger partial charge in [-0.15, -0.1) is 0 Å². The van der Waals surface area contributed by atoms with Gasteiger partial charge in [-0.2, -0.15) is 5.48 Å². The second-order valence-electron chi connectivity index (χ2n) is 2.25. The van der Waals surface area contributed by atoms with Gasteiger partial charge in [-0.05, 0) is 12.5 Å². The van der Waals surface area contributed by atoms with Gasteiger partial charge in [0.1, 0.15) is 0 Å². The Kier molecular flexibility index (Phi) is 3.31. The van der Waals surface area contributed by atoms with E-state index in [1.807, 2.05) is 13.0 Å². The first-order valence-electron chi connectivity index (χ1n) is 3.76. The second kappa shape index (κ2) is 4.28. The lowest BCUT2D eigenvalue weighted by Crippen LogP contribution is -2.13. The van der Waals surface area contributed by atoms with Gasteiger partial charge in [-0.1, -0.05) is 18.5 Å². The van der Waals surface area contributed by atoms with E-state index in [0.717, 1.165) is 12.0 Å². The van der Waals surface area contributed by atoms with Gasteiger partial charge in [-0.25, -0.2) is 4.98 Å². The van der Waals surface area contributed by atoms with Crippen molar-refractivity contribution in [3.8, 4) is 5.75 Å². The lowest BCUT2D eigenvalue weighted by Gasteiger charge is -2.08. The monoisotopic (exact) mass is 186 g/mol. The summed E-state index contributed by atoms with van der Waals surface area (Å²) in [4.78, 5) is 9.02. The summed E-state index contributed by atoms with van der Waals surface area (Å²) in [5, 5.41) is 0.392. The molecule has 0 saturated carbocycles. The predicted octanol–water partition coefficient (Wildman–Crippen LogP) is 1.81. The van der Waals surface area contributed by atoms with Gasteiger partial charge in [0.15, 0.2) is 10.9 Å². The lowest BCUT2D eigenvalue weighted by molar-refractivity contribution is 0.221.